The Morgan fingerprint density at radius 2 is 1.93 bits per heavy atom. The summed E-state index contributed by atoms with van der Waals surface area (Å²) in [7, 11) is 0. The molecule has 1 saturated heterocycles. The Morgan fingerprint density at radius 3 is 2.75 bits per heavy atom. The first-order valence-corrected chi connectivity index (χ1v) is 10.5. The number of carbonyl (C=O) groups excluding carboxylic acids is 1. The van der Waals surface area contributed by atoms with Gasteiger partial charge in [-0.2, -0.15) is 0 Å². The molecule has 150 valence electrons. The van der Waals surface area contributed by atoms with Crippen molar-refractivity contribution in [3.8, 4) is 0 Å². The van der Waals surface area contributed by atoms with Gasteiger partial charge in [-0.15, -0.1) is 0 Å². The fourth-order valence-electron chi connectivity index (χ4n) is 4.26. The van der Waals surface area contributed by atoms with E-state index in [1.54, 1.807) is 0 Å². The van der Waals surface area contributed by atoms with E-state index < -0.39 is 0 Å². The number of nitrogens with one attached hydrogen (secondary N) is 1. The minimum absolute atomic E-state index is 0.00915. The van der Waals surface area contributed by atoms with Gasteiger partial charge in [-0.05, 0) is 43.5 Å². The van der Waals surface area contributed by atoms with Gasteiger partial charge in [-0.3, -0.25) is 4.98 Å². The highest BCUT2D eigenvalue weighted by Gasteiger charge is 2.26. The van der Waals surface area contributed by atoms with Crippen LogP contribution in [-0.2, 0) is 0 Å². The van der Waals surface area contributed by atoms with Crippen molar-refractivity contribution in [2.45, 2.75) is 44.2 Å². The van der Waals surface area contributed by atoms with E-state index in [1.807, 2.05) is 35.4 Å². The minimum Gasteiger partial charge on any atom is -0.393 e. The predicted octanol–water partition coefficient (Wildman–Crippen LogP) is 3.41. The molecule has 1 aromatic carbocycles. The Bertz CT molecular complexity index is 838. The van der Waals surface area contributed by atoms with Crippen LogP contribution >= 0.6 is 11.6 Å². The molecule has 2 heterocycles. The molecular formula is C21H27ClN4O2. The quantitative estimate of drug-likeness (QED) is 0.755. The van der Waals surface area contributed by atoms with Crippen molar-refractivity contribution in [3.63, 3.8) is 0 Å². The summed E-state index contributed by atoms with van der Waals surface area (Å²) in [6.45, 7) is 2.92. The van der Waals surface area contributed by atoms with Gasteiger partial charge in [-0.25, -0.2) is 4.79 Å². The maximum atomic E-state index is 12.7. The molecule has 1 aromatic heterocycles. The zero-order valence-corrected chi connectivity index (χ0v) is 16.7. The molecule has 2 aliphatic rings. The number of pyridine rings is 1. The number of anilines is 1. The van der Waals surface area contributed by atoms with E-state index in [1.165, 1.54) is 0 Å². The van der Waals surface area contributed by atoms with Crippen molar-refractivity contribution in [3.05, 3.63) is 35.5 Å². The second kappa shape index (κ2) is 8.53. The first kappa shape index (κ1) is 19.3. The van der Waals surface area contributed by atoms with Crippen molar-refractivity contribution in [2.75, 3.05) is 31.1 Å². The van der Waals surface area contributed by atoms with Crippen LogP contribution in [0.15, 0.2) is 30.5 Å². The normalized spacial score (nSPS) is 23.5. The summed E-state index contributed by atoms with van der Waals surface area (Å²) in [4.78, 5) is 21.3. The zero-order valence-electron chi connectivity index (χ0n) is 16.0. The molecule has 0 bridgehead atoms. The van der Waals surface area contributed by atoms with Crippen molar-refractivity contribution < 1.29 is 9.90 Å². The molecule has 1 aliphatic heterocycles. The largest absolute Gasteiger partial charge is 0.393 e. The van der Waals surface area contributed by atoms with Crippen molar-refractivity contribution in [1.82, 2.24) is 15.2 Å². The first-order chi connectivity index (χ1) is 13.6. The summed E-state index contributed by atoms with van der Waals surface area (Å²) in [5, 5.41) is 14.9. The Balaban J connectivity index is 1.37. The number of rotatable bonds is 2. The van der Waals surface area contributed by atoms with Gasteiger partial charge in [0.1, 0.15) is 0 Å². The molecule has 28 heavy (non-hydrogen) atoms. The lowest BCUT2D eigenvalue weighted by atomic mass is 10.1. The van der Waals surface area contributed by atoms with Gasteiger partial charge < -0.3 is 20.2 Å². The Morgan fingerprint density at radius 1 is 1.14 bits per heavy atom. The topological polar surface area (TPSA) is 68.7 Å². The van der Waals surface area contributed by atoms with Crippen LogP contribution in [0.1, 0.15) is 32.1 Å². The molecule has 1 aliphatic carbocycles. The van der Waals surface area contributed by atoms with Crippen LogP contribution in [0.25, 0.3) is 10.9 Å². The monoisotopic (exact) mass is 402 g/mol. The number of nitrogens with zero attached hydrogens (tertiary/aromatic N) is 3. The van der Waals surface area contributed by atoms with Gasteiger partial charge in [0.2, 0.25) is 0 Å². The number of benzene rings is 1. The molecule has 2 atom stereocenters. The number of aliphatic hydroxyl groups excluding tert-OH is 1. The van der Waals surface area contributed by atoms with Crippen LogP contribution in [0.3, 0.4) is 0 Å². The lowest BCUT2D eigenvalue weighted by Crippen LogP contribution is -2.53. The van der Waals surface area contributed by atoms with E-state index in [-0.39, 0.29) is 18.2 Å². The Labute approximate surface area is 170 Å². The second-order valence-corrected chi connectivity index (χ2v) is 8.22. The molecule has 6 nitrogen and oxygen atoms in total. The van der Waals surface area contributed by atoms with Gasteiger partial charge in [0.05, 0.1) is 11.6 Å². The van der Waals surface area contributed by atoms with Crippen LogP contribution in [0.2, 0.25) is 5.02 Å². The third kappa shape index (κ3) is 4.33. The summed E-state index contributed by atoms with van der Waals surface area (Å²) >= 11 is 6.09. The number of halogens is 1. The van der Waals surface area contributed by atoms with E-state index >= 15 is 0 Å². The van der Waals surface area contributed by atoms with E-state index in [2.05, 4.69) is 15.2 Å². The fraction of sp³-hybridized carbons (Fsp3) is 0.524. The minimum atomic E-state index is -0.293. The van der Waals surface area contributed by atoms with E-state index in [0.717, 1.165) is 55.4 Å². The standard InChI is InChI=1S/C21H27ClN4O2/c22-15-5-6-18-19(13-15)23-8-7-20(18)25-9-11-26(12-10-25)21(28)24-16-3-1-2-4-17(27)14-16/h5-8,13,16-17,27H,1-4,9-12,14H2,(H,24,28). The van der Waals surface area contributed by atoms with Crippen LogP contribution in [-0.4, -0.2) is 59.3 Å². The molecule has 0 radical (unpaired) electrons. The molecule has 2 amide bonds. The highest BCUT2D eigenvalue weighted by atomic mass is 35.5. The summed E-state index contributed by atoms with van der Waals surface area (Å²) in [5.41, 5.74) is 2.02. The van der Waals surface area contributed by atoms with Crippen molar-refractivity contribution in [1.29, 1.82) is 0 Å². The number of aromatic nitrogens is 1. The van der Waals surface area contributed by atoms with Crippen LogP contribution < -0.4 is 10.2 Å². The number of hydrogen-bond donors (Lipinski definition) is 2. The van der Waals surface area contributed by atoms with E-state index in [9.17, 15) is 9.90 Å². The van der Waals surface area contributed by atoms with Gasteiger partial charge in [-0.1, -0.05) is 24.4 Å². The molecule has 4 rings (SSSR count). The highest BCUT2D eigenvalue weighted by molar-refractivity contribution is 6.31. The molecule has 2 unspecified atom stereocenters. The number of urea groups is 1. The number of hydrogen-bond acceptors (Lipinski definition) is 4. The molecule has 2 N–H and O–H groups in total. The molecule has 1 saturated carbocycles. The van der Waals surface area contributed by atoms with Crippen molar-refractivity contribution in [2.24, 2.45) is 0 Å². The number of carbonyl (C=O) groups is 1. The lowest BCUT2D eigenvalue weighted by Gasteiger charge is -2.37. The zero-order chi connectivity index (χ0) is 19.5. The number of aliphatic hydroxyl groups is 1. The van der Waals surface area contributed by atoms with Gasteiger partial charge in [0.15, 0.2) is 0 Å². The molecule has 7 heteroatoms. The van der Waals surface area contributed by atoms with Crippen molar-refractivity contribution >= 4 is 34.2 Å². The SMILES string of the molecule is O=C(NC1CCCCC(O)C1)N1CCN(c2ccnc3cc(Cl)ccc23)CC1. The second-order valence-electron chi connectivity index (χ2n) is 7.79. The molecule has 2 aromatic rings. The smallest absolute Gasteiger partial charge is 0.317 e. The first-order valence-electron chi connectivity index (χ1n) is 10.1. The molecule has 2 fully saturated rings. The van der Waals surface area contributed by atoms with Gasteiger partial charge >= 0.3 is 6.03 Å². The average Bonchev–Trinajstić information content (AvgIpc) is 2.91. The van der Waals surface area contributed by atoms with Gasteiger partial charge in [0, 0.05) is 54.5 Å². The third-order valence-corrected chi connectivity index (χ3v) is 6.05. The van der Waals surface area contributed by atoms with E-state index in [0.29, 0.717) is 24.5 Å². The average molecular weight is 403 g/mol. The number of amides is 2. The Kier molecular flexibility index (Phi) is 5.87. The highest BCUT2D eigenvalue weighted by Crippen LogP contribution is 2.28. The molecular weight excluding hydrogens is 376 g/mol. The maximum absolute atomic E-state index is 12.7. The predicted molar refractivity (Wildman–Crippen MR) is 112 cm³/mol. The van der Waals surface area contributed by atoms with Crippen LogP contribution in [0, 0.1) is 0 Å². The number of piperazine rings is 1. The molecule has 0 spiro atoms. The van der Waals surface area contributed by atoms with Gasteiger partial charge in [0.25, 0.3) is 0 Å². The summed E-state index contributed by atoms with van der Waals surface area (Å²) in [6.07, 6.45) is 6.08. The van der Waals surface area contributed by atoms with E-state index in [4.69, 9.17) is 11.6 Å². The Hall–Kier alpha value is -2.05. The summed E-state index contributed by atoms with van der Waals surface area (Å²) in [5.74, 6) is 0. The van der Waals surface area contributed by atoms with Crippen LogP contribution in [0.4, 0.5) is 10.5 Å². The third-order valence-electron chi connectivity index (χ3n) is 5.81. The summed E-state index contributed by atoms with van der Waals surface area (Å²) in [6, 6.07) is 7.88. The summed E-state index contributed by atoms with van der Waals surface area (Å²) < 4.78 is 0. The fourth-order valence-corrected chi connectivity index (χ4v) is 4.43. The lowest BCUT2D eigenvalue weighted by molar-refractivity contribution is 0.144. The number of fused-ring (bicyclic) bond motifs is 1. The maximum Gasteiger partial charge on any atom is 0.317 e. The van der Waals surface area contributed by atoms with Crippen LogP contribution in [0.5, 0.6) is 0 Å².